The second-order valence-electron chi connectivity index (χ2n) is 14.5. The zero-order chi connectivity index (χ0) is 44.1. The maximum absolute atomic E-state index is 14.8. The Morgan fingerprint density at radius 2 is 1.66 bits per heavy atom. The van der Waals surface area contributed by atoms with Crippen molar-refractivity contribution in [3.05, 3.63) is 149 Å². The van der Waals surface area contributed by atoms with Crippen molar-refractivity contribution in [2.24, 2.45) is 5.92 Å². The molecule has 1 atom stereocenters. The van der Waals surface area contributed by atoms with Gasteiger partial charge in [0.1, 0.15) is 5.58 Å². The van der Waals surface area contributed by atoms with Crippen molar-refractivity contribution in [2.45, 2.75) is 75.8 Å². The fraction of sp³-hybridized carbons (Fsp3) is 0.277. The van der Waals surface area contributed by atoms with E-state index in [0.29, 0.717) is 28.1 Å². The summed E-state index contributed by atoms with van der Waals surface area (Å²) >= 11 is -2.41. The number of hydrogen-bond acceptors (Lipinski definition) is 3. The Labute approximate surface area is 342 Å². The standard InChI is InChI=1S/C24H22NO.C23H25FGeN.Ir/c1-16-6-8-23-20(12-16)21-15-19(7-9-24(21)26-23)22-14-18(10-11-25-22)13-17-4-2-3-5-17;1-16-11-12-19(21(24)13-16)23-14-20(22(15-26-23)25(3,4)5)17(2)18-9-7-6-8-10-18;/h6,8-12,14-15,17H,2-5,13H2,1H3;6-11,13-15,17H,1-5H3;/q2*-1;/i1D3,13D2;1D3,17D;. The summed E-state index contributed by atoms with van der Waals surface area (Å²) in [5, 5.41) is 1.53. The quantitative estimate of drug-likeness (QED) is 0.118. The van der Waals surface area contributed by atoms with Crippen molar-refractivity contribution >= 4 is 39.6 Å². The Hall–Kier alpha value is -3.90. The molecule has 6 heteroatoms. The van der Waals surface area contributed by atoms with Gasteiger partial charge in [-0.3, -0.25) is 0 Å². The van der Waals surface area contributed by atoms with Gasteiger partial charge in [-0.1, -0.05) is 54.3 Å². The van der Waals surface area contributed by atoms with Crippen LogP contribution < -0.4 is 4.40 Å². The Morgan fingerprint density at radius 3 is 2.40 bits per heavy atom. The van der Waals surface area contributed by atoms with Gasteiger partial charge in [-0.2, -0.15) is 0 Å². The van der Waals surface area contributed by atoms with Crippen molar-refractivity contribution < 1.29 is 41.2 Å². The first-order chi connectivity index (χ1) is 28.5. The van der Waals surface area contributed by atoms with Gasteiger partial charge in [0, 0.05) is 38.5 Å². The first kappa shape index (κ1) is 28.5. The van der Waals surface area contributed by atoms with Gasteiger partial charge in [0.2, 0.25) is 0 Å². The number of rotatable bonds is 7. The van der Waals surface area contributed by atoms with Crippen LogP contribution in [0, 0.1) is 37.6 Å². The number of hydrogen-bond donors (Lipinski definition) is 0. The maximum Gasteiger partial charge on any atom is 0.120 e. The van der Waals surface area contributed by atoms with E-state index >= 15 is 0 Å². The van der Waals surface area contributed by atoms with Gasteiger partial charge < -0.3 is 9.40 Å². The van der Waals surface area contributed by atoms with E-state index in [2.05, 4.69) is 39.4 Å². The molecule has 53 heavy (non-hydrogen) atoms. The summed E-state index contributed by atoms with van der Waals surface area (Å²) in [6.45, 7) is -2.74. The molecule has 1 saturated carbocycles. The third-order valence-electron chi connectivity index (χ3n) is 9.64. The summed E-state index contributed by atoms with van der Waals surface area (Å²) in [4.78, 5) is 8.95. The van der Waals surface area contributed by atoms with Gasteiger partial charge in [0.15, 0.2) is 0 Å². The molecule has 3 aromatic heterocycles. The van der Waals surface area contributed by atoms with E-state index in [-0.39, 0.29) is 42.7 Å². The van der Waals surface area contributed by atoms with Crippen molar-refractivity contribution in [1.29, 1.82) is 0 Å². The SMILES string of the molecule is [2H]C([2H])([2H])c1c[c-]c(-c2cc(C([2H])(C)c3ccccc3)[c]([Ge]([CH3])([CH3])[CH3])cn2)c(F)c1.[2H]C([2H])([2H])c1ccc2oc3c[c-]c(-c4cc(C([2H])([2H])C5CCCC5)ccn4)cc3c2c1.[Ir]. The second kappa shape index (κ2) is 16.6. The molecule has 8 rings (SSSR count). The zero-order valence-electron chi connectivity index (χ0n) is 39.2. The zero-order valence-corrected chi connectivity index (χ0v) is 34.7. The molecule has 0 N–H and O–H groups in total. The van der Waals surface area contributed by atoms with Crippen LogP contribution in [-0.2, 0) is 26.5 Å². The number of pyridine rings is 2. The Balaban J connectivity index is 0.000000204. The Morgan fingerprint density at radius 1 is 0.887 bits per heavy atom. The largest absolute Gasteiger partial charge is 0.500 e. The predicted molar refractivity (Wildman–Crippen MR) is 216 cm³/mol. The van der Waals surface area contributed by atoms with E-state index in [1.165, 1.54) is 6.07 Å². The summed E-state index contributed by atoms with van der Waals surface area (Å²) in [7, 11) is 0. The molecule has 1 unspecified atom stereocenters. The van der Waals surface area contributed by atoms with Crippen LogP contribution in [0.3, 0.4) is 0 Å². The number of benzene rings is 4. The maximum atomic E-state index is 14.8. The Kier molecular flexibility index (Phi) is 8.95. The fourth-order valence-corrected chi connectivity index (χ4v) is 10.0. The number of aryl methyl sites for hydroxylation is 2. The summed E-state index contributed by atoms with van der Waals surface area (Å²) in [6, 6.07) is 31.7. The molecule has 1 aliphatic rings. The van der Waals surface area contributed by atoms with Crippen LogP contribution >= 0.6 is 0 Å². The van der Waals surface area contributed by atoms with E-state index < -0.39 is 45.1 Å². The van der Waals surface area contributed by atoms with Crippen molar-refractivity contribution in [3.8, 4) is 22.5 Å². The molecule has 0 saturated heterocycles. The van der Waals surface area contributed by atoms with Crippen LogP contribution in [0.25, 0.3) is 44.5 Å². The summed E-state index contributed by atoms with van der Waals surface area (Å²) in [5.74, 6) is 5.02. The van der Waals surface area contributed by atoms with Crippen LogP contribution in [0.1, 0.15) is 78.7 Å². The Bertz CT molecular complexity index is 2710. The average molecular weight is 949 g/mol. The topological polar surface area (TPSA) is 38.9 Å². The average Bonchev–Trinajstić information content (AvgIpc) is 3.89. The van der Waals surface area contributed by atoms with Crippen LogP contribution in [0.4, 0.5) is 4.39 Å². The van der Waals surface area contributed by atoms with Crippen LogP contribution in [0.2, 0.25) is 17.3 Å². The number of halogens is 1. The molecule has 1 aliphatic carbocycles. The summed E-state index contributed by atoms with van der Waals surface area (Å²) in [5.41, 5.74) is 5.52. The first-order valence-electron chi connectivity index (χ1n) is 22.2. The van der Waals surface area contributed by atoms with Crippen LogP contribution in [0.5, 0.6) is 0 Å². The monoisotopic (exact) mass is 950 g/mol. The number of aromatic nitrogens is 2. The van der Waals surface area contributed by atoms with E-state index in [1.54, 1.807) is 48.8 Å². The van der Waals surface area contributed by atoms with Gasteiger partial charge in [-0.25, -0.2) is 0 Å². The first-order valence-corrected chi connectivity index (χ1v) is 25.0. The van der Waals surface area contributed by atoms with Crippen molar-refractivity contribution in [3.63, 3.8) is 0 Å². The van der Waals surface area contributed by atoms with Gasteiger partial charge in [0.05, 0.1) is 5.58 Å². The van der Waals surface area contributed by atoms with Crippen LogP contribution in [0.15, 0.2) is 108 Å². The van der Waals surface area contributed by atoms with Gasteiger partial charge in [-0.15, -0.1) is 23.8 Å². The predicted octanol–water partition coefficient (Wildman–Crippen LogP) is 12.2. The number of nitrogens with zero attached hydrogens (tertiary/aromatic N) is 2. The smallest absolute Gasteiger partial charge is 0.120 e. The summed E-state index contributed by atoms with van der Waals surface area (Å²) in [6.07, 6.45) is 6.01. The minimum absolute atomic E-state index is 0. The van der Waals surface area contributed by atoms with Crippen molar-refractivity contribution in [1.82, 2.24) is 9.97 Å². The van der Waals surface area contributed by atoms with Gasteiger partial charge in [0.25, 0.3) is 0 Å². The van der Waals surface area contributed by atoms with Gasteiger partial charge in [-0.05, 0) is 43.0 Å². The third-order valence-corrected chi connectivity index (χ3v) is 13.9. The molecule has 0 amide bonds. The number of furan rings is 1. The molecular weight excluding hydrogens is 892 g/mol. The normalized spacial score (nSPS) is 17.6. The molecule has 3 nitrogen and oxygen atoms in total. The van der Waals surface area contributed by atoms with Crippen LogP contribution in [-0.4, -0.2) is 23.2 Å². The minimum atomic E-state index is -2.41. The van der Waals surface area contributed by atoms with E-state index in [4.69, 9.17) is 15.4 Å². The fourth-order valence-electron chi connectivity index (χ4n) is 6.85. The van der Waals surface area contributed by atoms with Gasteiger partial charge >= 0.3 is 164 Å². The molecule has 7 aromatic rings. The second-order valence-corrected chi connectivity index (χ2v) is 25.0. The van der Waals surface area contributed by atoms with E-state index in [9.17, 15) is 5.76 Å². The third kappa shape index (κ3) is 8.91. The summed E-state index contributed by atoms with van der Waals surface area (Å²) < 4.78 is 93.7. The molecule has 0 spiro atoms. The minimum Gasteiger partial charge on any atom is -0.500 e. The molecular formula is C47H47FGeIrN2O-2. The molecule has 0 bridgehead atoms. The van der Waals surface area contributed by atoms with E-state index in [0.717, 1.165) is 63.6 Å². The molecule has 3 heterocycles. The molecule has 0 aliphatic heterocycles. The molecule has 1 radical (unpaired) electrons. The number of fused-ring (bicyclic) bond motifs is 3. The van der Waals surface area contributed by atoms with Crippen molar-refractivity contribution in [2.75, 3.05) is 0 Å². The molecule has 4 aromatic carbocycles. The molecule has 273 valence electrons. The molecule has 1 fully saturated rings. The van der Waals surface area contributed by atoms with E-state index in [1.807, 2.05) is 49.4 Å².